The topological polar surface area (TPSA) is 74.2 Å². The van der Waals surface area contributed by atoms with Crippen LogP contribution >= 0.6 is 12.4 Å². The number of amides is 1. The van der Waals surface area contributed by atoms with E-state index in [2.05, 4.69) is 15.6 Å². The molecule has 0 spiro atoms. The first-order valence-corrected chi connectivity index (χ1v) is 9.93. The number of anilines is 1. The molecule has 0 saturated carbocycles. The Morgan fingerprint density at radius 1 is 1.00 bits per heavy atom. The van der Waals surface area contributed by atoms with Gasteiger partial charge in [0.2, 0.25) is 5.91 Å². The Hall–Kier alpha value is -2.73. The summed E-state index contributed by atoms with van der Waals surface area (Å²) in [6.07, 6.45) is 3.36. The summed E-state index contributed by atoms with van der Waals surface area (Å²) in [7, 11) is 0. The molecule has 30 heavy (non-hydrogen) atoms. The minimum absolute atomic E-state index is 0. The van der Waals surface area contributed by atoms with E-state index in [-0.39, 0.29) is 24.7 Å². The molecule has 3 N–H and O–H groups in total. The van der Waals surface area contributed by atoms with Crippen LogP contribution in [0.4, 0.5) is 5.69 Å². The second kappa shape index (κ2) is 12.8. The summed E-state index contributed by atoms with van der Waals surface area (Å²) in [4.78, 5) is 16.5. The minimum Gasteiger partial charge on any atom is -0.387 e. The number of rotatable bonds is 10. The molecule has 0 unspecified atom stereocenters. The monoisotopic (exact) mass is 425 g/mol. The normalized spacial score (nSPS) is 11.4. The highest BCUT2D eigenvalue weighted by Gasteiger charge is 2.07. The molecule has 0 saturated heterocycles. The number of hydrogen-bond acceptors (Lipinski definition) is 4. The smallest absolute Gasteiger partial charge is 0.230 e. The molecular formula is C24H28ClN3O2. The minimum atomic E-state index is -0.494. The van der Waals surface area contributed by atoms with Crippen molar-refractivity contribution in [3.63, 3.8) is 0 Å². The number of benzene rings is 2. The van der Waals surface area contributed by atoms with Crippen molar-refractivity contribution >= 4 is 24.0 Å². The number of aliphatic hydroxyl groups excluding tert-OH is 1. The van der Waals surface area contributed by atoms with Crippen LogP contribution < -0.4 is 10.6 Å². The van der Waals surface area contributed by atoms with Crippen LogP contribution in [-0.2, 0) is 17.6 Å². The van der Waals surface area contributed by atoms with Gasteiger partial charge in [-0.3, -0.25) is 9.78 Å². The third-order valence-electron chi connectivity index (χ3n) is 4.62. The average molecular weight is 426 g/mol. The fraction of sp³-hybridized carbons (Fsp3) is 0.250. The van der Waals surface area contributed by atoms with Crippen LogP contribution in [0.15, 0.2) is 79.0 Å². The highest BCUT2D eigenvalue weighted by Crippen LogP contribution is 2.11. The molecule has 2 aromatic carbocycles. The predicted molar refractivity (Wildman–Crippen MR) is 123 cm³/mol. The zero-order valence-electron chi connectivity index (χ0n) is 16.8. The number of carbonyl (C=O) groups is 1. The standard InChI is InChI=1S/C24H27N3O2.ClH/c28-23(20-9-3-1-4-10-20)18-25-14-7-8-19-13-15-26-22(16-19)17-24(29)27-21-11-5-2-6-12-21;/h1-6,9-13,15-16,23,25,28H,7-8,14,17-18H2,(H,27,29);1H/t23-;/m0./s1. The number of hydrogen-bond donors (Lipinski definition) is 3. The summed E-state index contributed by atoms with van der Waals surface area (Å²) in [6, 6.07) is 23.1. The van der Waals surface area contributed by atoms with E-state index < -0.39 is 6.10 Å². The van der Waals surface area contributed by atoms with Gasteiger partial charge in [0.25, 0.3) is 0 Å². The van der Waals surface area contributed by atoms with Crippen LogP contribution in [0.2, 0.25) is 0 Å². The van der Waals surface area contributed by atoms with Gasteiger partial charge in [-0.2, -0.15) is 0 Å². The number of para-hydroxylation sites is 1. The number of halogens is 1. The van der Waals surface area contributed by atoms with Gasteiger partial charge >= 0.3 is 0 Å². The van der Waals surface area contributed by atoms with Gasteiger partial charge in [0.05, 0.1) is 12.5 Å². The van der Waals surface area contributed by atoms with E-state index in [1.807, 2.05) is 72.8 Å². The van der Waals surface area contributed by atoms with Crippen molar-refractivity contribution in [3.8, 4) is 0 Å². The Labute approximate surface area is 184 Å². The molecule has 158 valence electrons. The Morgan fingerprint density at radius 3 is 2.43 bits per heavy atom. The Morgan fingerprint density at radius 2 is 1.70 bits per heavy atom. The van der Waals surface area contributed by atoms with Gasteiger partial charge in [-0.1, -0.05) is 48.5 Å². The zero-order valence-corrected chi connectivity index (χ0v) is 17.6. The number of aryl methyl sites for hydroxylation is 1. The summed E-state index contributed by atoms with van der Waals surface area (Å²) in [6.45, 7) is 1.35. The van der Waals surface area contributed by atoms with E-state index in [9.17, 15) is 9.90 Å². The fourth-order valence-electron chi connectivity index (χ4n) is 3.12. The molecule has 1 atom stereocenters. The van der Waals surface area contributed by atoms with E-state index in [1.165, 1.54) is 0 Å². The van der Waals surface area contributed by atoms with Crippen molar-refractivity contribution in [2.24, 2.45) is 0 Å². The maximum absolute atomic E-state index is 12.2. The zero-order chi connectivity index (χ0) is 20.3. The molecule has 1 heterocycles. The molecule has 3 rings (SSSR count). The van der Waals surface area contributed by atoms with Gasteiger partial charge in [0.15, 0.2) is 0 Å². The first-order valence-electron chi connectivity index (χ1n) is 9.93. The molecular weight excluding hydrogens is 398 g/mol. The number of aliphatic hydroxyl groups is 1. The van der Waals surface area contributed by atoms with Crippen molar-refractivity contribution in [2.45, 2.75) is 25.4 Å². The maximum Gasteiger partial charge on any atom is 0.230 e. The Kier molecular flexibility index (Phi) is 10.0. The third kappa shape index (κ3) is 7.95. The molecule has 0 bridgehead atoms. The van der Waals surface area contributed by atoms with Crippen molar-refractivity contribution < 1.29 is 9.90 Å². The predicted octanol–water partition coefficient (Wildman–Crippen LogP) is 3.94. The number of nitrogens with zero attached hydrogens (tertiary/aromatic N) is 1. The van der Waals surface area contributed by atoms with E-state index in [4.69, 9.17) is 0 Å². The second-order valence-corrected chi connectivity index (χ2v) is 6.98. The number of carbonyl (C=O) groups excluding carboxylic acids is 1. The Balaban J connectivity index is 0.00000320. The highest BCUT2D eigenvalue weighted by atomic mass is 35.5. The van der Waals surface area contributed by atoms with Gasteiger partial charge < -0.3 is 15.7 Å². The van der Waals surface area contributed by atoms with Crippen molar-refractivity contribution in [1.82, 2.24) is 10.3 Å². The molecule has 3 aromatic rings. The largest absolute Gasteiger partial charge is 0.387 e. The van der Waals surface area contributed by atoms with E-state index in [1.54, 1.807) is 6.20 Å². The average Bonchev–Trinajstić information content (AvgIpc) is 2.75. The number of pyridine rings is 1. The lowest BCUT2D eigenvalue weighted by Gasteiger charge is -2.12. The lowest BCUT2D eigenvalue weighted by Crippen LogP contribution is -2.22. The van der Waals surface area contributed by atoms with Crippen molar-refractivity contribution in [1.29, 1.82) is 0 Å². The summed E-state index contributed by atoms with van der Waals surface area (Å²) in [5, 5.41) is 16.3. The van der Waals surface area contributed by atoms with Crippen LogP contribution in [-0.4, -0.2) is 29.1 Å². The molecule has 0 aliphatic carbocycles. The first-order chi connectivity index (χ1) is 14.2. The summed E-state index contributed by atoms with van der Waals surface area (Å²) < 4.78 is 0. The van der Waals surface area contributed by atoms with Gasteiger partial charge in [-0.25, -0.2) is 0 Å². The van der Waals surface area contributed by atoms with Crippen molar-refractivity contribution in [3.05, 3.63) is 95.8 Å². The van der Waals surface area contributed by atoms with Gasteiger partial charge in [0, 0.05) is 24.1 Å². The van der Waals surface area contributed by atoms with Gasteiger partial charge in [0.1, 0.15) is 0 Å². The lowest BCUT2D eigenvalue weighted by molar-refractivity contribution is -0.115. The van der Waals surface area contributed by atoms with Crippen LogP contribution in [0, 0.1) is 0 Å². The van der Waals surface area contributed by atoms with Crippen LogP contribution in [0.3, 0.4) is 0 Å². The molecule has 5 nitrogen and oxygen atoms in total. The van der Waals surface area contributed by atoms with Gasteiger partial charge in [-0.05, 0) is 54.8 Å². The van der Waals surface area contributed by atoms with E-state index in [0.717, 1.165) is 41.9 Å². The number of nitrogens with one attached hydrogen (secondary N) is 2. The maximum atomic E-state index is 12.2. The third-order valence-corrected chi connectivity index (χ3v) is 4.62. The quantitative estimate of drug-likeness (QED) is 0.430. The van der Waals surface area contributed by atoms with Gasteiger partial charge in [-0.15, -0.1) is 12.4 Å². The summed E-state index contributed by atoms with van der Waals surface area (Å²) in [5.41, 5.74) is 3.64. The molecule has 1 amide bonds. The van der Waals surface area contributed by atoms with E-state index >= 15 is 0 Å². The number of aromatic nitrogens is 1. The highest BCUT2D eigenvalue weighted by molar-refractivity contribution is 5.91. The molecule has 6 heteroatoms. The van der Waals surface area contributed by atoms with Crippen LogP contribution in [0.5, 0.6) is 0 Å². The molecule has 0 radical (unpaired) electrons. The Bertz CT molecular complexity index is 891. The first kappa shape index (κ1) is 23.5. The molecule has 1 aromatic heterocycles. The molecule has 0 aliphatic rings. The molecule has 0 fully saturated rings. The molecule has 0 aliphatic heterocycles. The van der Waals surface area contributed by atoms with E-state index in [0.29, 0.717) is 6.54 Å². The second-order valence-electron chi connectivity index (χ2n) is 6.98. The SMILES string of the molecule is Cl.O=C(Cc1cc(CCCNC[C@H](O)c2ccccc2)ccn1)Nc1ccccc1. The fourth-order valence-corrected chi connectivity index (χ4v) is 3.12. The van der Waals surface area contributed by atoms with Crippen molar-refractivity contribution in [2.75, 3.05) is 18.4 Å². The lowest BCUT2D eigenvalue weighted by atomic mass is 10.1. The summed E-state index contributed by atoms with van der Waals surface area (Å²) >= 11 is 0. The van der Waals surface area contributed by atoms with Crippen LogP contribution in [0.25, 0.3) is 0 Å². The summed E-state index contributed by atoms with van der Waals surface area (Å²) in [5.74, 6) is -0.0718. The van der Waals surface area contributed by atoms with Crippen LogP contribution in [0.1, 0.15) is 29.3 Å².